The number of anilines is 1. The third-order valence-electron chi connectivity index (χ3n) is 16.5. The smallest absolute Gasteiger partial charge is 0.434 e. The molecule has 1 aliphatic heterocycles. The Morgan fingerprint density at radius 3 is 1.20 bits per heavy atom. The molecule has 45 heteroatoms. The minimum absolute atomic E-state index is 0.00711. The number of carbonyl (C=O) groups is 2. The first kappa shape index (κ1) is 93.1. The Labute approximate surface area is 688 Å². The van der Waals surface area contributed by atoms with Gasteiger partial charge in [0.2, 0.25) is 5.15 Å². The summed E-state index contributed by atoms with van der Waals surface area (Å²) in [5, 5.41) is 69.7. The minimum atomic E-state index is -4.56. The number of ketones is 1. The molecule has 0 aliphatic carbocycles. The molecule has 0 saturated heterocycles. The number of alkyl halides is 6. The number of carbonyl (C=O) groups excluding carboxylic acids is 1. The molecule has 2 atom stereocenters. The van der Waals surface area contributed by atoms with Crippen molar-refractivity contribution >= 4 is 74.9 Å². The second-order valence-electron chi connectivity index (χ2n) is 24.6. The molecule has 1 aliphatic rings. The summed E-state index contributed by atoms with van der Waals surface area (Å²) in [5.41, 5.74) is 9.54. The normalized spacial score (nSPS) is 11.7. The zero-order chi connectivity index (χ0) is 88.8. The lowest BCUT2D eigenvalue weighted by Crippen LogP contribution is -2.19. The van der Waals surface area contributed by atoms with Gasteiger partial charge in [-0.25, -0.2) is 64.5 Å². The Bertz CT molecular complexity index is 5650. The molecule has 14 rings (SSSR count). The fraction of sp³-hybridized carbons (Fsp3) is 0.173. The van der Waals surface area contributed by atoms with Gasteiger partial charge in [0.15, 0.2) is 17.2 Å². The van der Waals surface area contributed by atoms with Gasteiger partial charge in [-0.3, -0.25) is 50.2 Å². The Kier molecular flexibility index (Phi) is 32.3. The van der Waals surface area contributed by atoms with Gasteiger partial charge in [0.05, 0.1) is 90.7 Å². The van der Waals surface area contributed by atoms with Crippen LogP contribution < -0.4 is 5.73 Å². The number of nitro groups is 4. The van der Waals surface area contributed by atoms with Gasteiger partial charge in [-0.15, -0.1) is 0 Å². The van der Waals surface area contributed by atoms with Crippen LogP contribution >= 0.6 is 34.2 Å². The summed E-state index contributed by atoms with van der Waals surface area (Å²) in [7, 11) is 0. The van der Waals surface area contributed by atoms with Crippen molar-refractivity contribution in [3.05, 3.63) is 337 Å². The number of allylic oxidation sites excluding steroid dienone is 1. The third-order valence-corrected chi connectivity index (χ3v) is 17.5. The van der Waals surface area contributed by atoms with Crippen LogP contribution in [0, 0.1) is 114 Å². The lowest BCUT2D eigenvalue weighted by molar-refractivity contribution is -0.414. The summed E-state index contributed by atoms with van der Waals surface area (Å²) >= 11 is 7.89. The maximum absolute atomic E-state index is 13.1. The molecule has 31 nitrogen and oxygen atoms in total. The second kappa shape index (κ2) is 41.7. The van der Waals surface area contributed by atoms with Crippen LogP contribution in [0.5, 0.6) is 0 Å². The number of aryl methyl sites for hydroxylation is 2. The van der Waals surface area contributed by atoms with E-state index in [1.807, 2.05) is 6.92 Å². The van der Waals surface area contributed by atoms with E-state index in [1.54, 1.807) is 65.8 Å². The van der Waals surface area contributed by atoms with Gasteiger partial charge >= 0.3 is 35.4 Å². The van der Waals surface area contributed by atoms with Crippen LogP contribution in [-0.2, 0) is 28.4 Å². The molecule has 628 valence electrons. The number of aromatic nitrogens is 14. The van der Waals surface area contributed by atoms with E-state index < -0.39 is 67.3 Å². The van der Waals surface area contributed by atoms with Crippen molar-refractivity contribution in [1.82, 2.24) is 68.0 Å². The number of aliphatic carboxylic acids is 1. The fourth-order valence-electron chi connectivity index (χ4n) is 10.0. The molecule has 120 heavy (non-hydrogen) atoms. The quantitative estimate of drug-likeness (QED) is 0.0416. The van der Waals surface area contributed by atoms with E-state index in [2.05, 4.69) is 63.0 Å². The Morgan fingerprint density at radius 1 is 0.492 bits per heavy atom. The van der Waals surface area contributed by atoms with Crippen molar-refractivity contribution in [3.8, 4) is 28.4 Å². The van der Waals surface area contributed by atoms with Gasteiger partial charge in [0.1, 0.15) is 83.1 Å². The standard InChI is InChI=1S/C19H18F4N4O.C10H8FN3O2.C10H10FN3.C9H5ClFN3O2.C9H6FN3O2.C8H9F3N2O2.C6H4FI.C4H4N2O2/c1-11-14(9-24-27(11)16-6-4-15(20)5-7-16)8-17(28)12(2)26-10-18(19(21,22)23)25-13(26)3;1-7-10(14(15)16)6-12-13(7)9-4-2-8(11)3-5-9;1-7-10(12)6-13-14(7)9-4-2-8(11)3-5-9;10-9-8(14(15)16)5-12-13(9)7-3-1-6(11)2-4-7;10-7-1-3-8(4-2-7)12-6-9(5-11-12)13(14)15;1-4(7(14)15)13-3-6(8(9,10)11)12-5(13)2;7-5-1-3-6(8)4-2-5;7-6(8)4-1-2-5-3-4/h4-7,9-10,12H,8H2,1-3H3;2-6H,1H3;2-6H,12H2,1H3;1-5H;1-6H;3-4H,1-2H3,(H,14,15);1-4H;1,3H,2H2. The maximum Gasteiger partial charge on any atom is 0.434 e. The van der Waals surface area contributed by atoms with Crippen LogP contribution in [0.2, 0.25) is 5.15 Å². The Balaban J connectivity index is 0.000000194. The van der Waals surface area contributed by atoms with E-state index in [1.165, 1.54) is 186 Å². The molecule has 0 bridgehead atoms. The first-order valence-corrected chi connectivity index (χ1v) is 35.6. The Morgan fingerprint density at radius 2 is 0.867 bits per heavy atom. The van der Waals surface area contributed by atoms with Gasteiger partial charge in [0.25, 0.3) is 5.70 Å². The fourth-order valence-corrected chi connectivity index (χ4v) is 10.7. The molecule has 0 fully saturated rings. The number of carboxylic acid groups (broad SMARTS) is 1. The van der Waals surface area contributed by atoms with Crippen molar-refractivity contribution in [3.63, 3.8) is 0 Å². The molecular formula is C75H64ClF12IN20O11. The molecule has 8 heterocycles. The molecule has 3 N–H and O–H groups in total. The molecular weight excluding hydrogens is 1750 g/mol. The number of rotatable bonds is 15. The number of benzene rings is 6. The minimum Gasteiger partial charge on any atom is -0.480 e. The highest BCUT2D eigenvalue weighted by molar-refractivity contribution is 14.1. The maximum atomic E-state index is 13.1. The van der Waals surface area contributed by atoms with Gasteiger partial charge < -0.3 is 20.0 Å². The number of nitrogens with two attached hydrogens (primary N) is 1. The van der Waals surface area contributed by atoms with Crippen LogP contribution in [0.4, 0.5) is 75.4 Å². The number of hydrogen-bond donors (Lipinski definition) is 2. The lowest BCUT2D eigenvalue weighted by atomic mass is 10.1. The number of hydrogen-bond acceptors (Lipinski definition) is 19. The highest BCUT2D eigenvalue weighted by Gasteiger charge is 2.37. The summed E-state index contributed by atoms with van der Waals surface area (Å²) in [4.78, 5) is 72.9. The number of Topliss-reactive ketones (excluding diaryl/α,β-unsaturated/α-hetero) is 1. The lowest BCUT2D eigenvalue weighted by Gasteiger charge is -2.14. The zero-order valence-corrected chi connectivity index (χ0v) is 66.0. The summed E-state index contributed by atoms with van der Waals surface area (Å²) in [6, 6.07) is 32.8. The zero-order valence-electron chi connectivity index (χ0n) is 63.1. The van der Waals surface area contributed by atoms with Crippen molar-refractivity contribution < 1.29 is 87.1 Å². The highest BCUT2D eigenvalue weighted by atomic mass is 127. The SMILES string of the molecule is Cc1c(N)cnn1-c1ccc(F)cc1.Cc1c([N+](=O)[O-])cnn1-c1ccc(F)cc1.Cc1nc(C(F)(F)F)cn1C(C)C(=O)Cc1cnn(-c2ccc(F)cc2)c1C.Cc1nc(C(F)(F)F)cn1C(C)C(=O)O.Fc1ccc(I)cc1.O=[N+]([O-])C1=CCN=C1.O=[N+]([O-])c1cnn(-c2ccc(F)cc2)c1.O=[N+]([O-])c1cnn(-c2ccc(F)cc2)c1Cl. The van der Waals surface area contributed by atoms with Gasteiger partial charge in [-0.1, -0.05) is 11.6 Å². The molecule has 6 aromatic carbocycles. The summed E-state index contributed by atoms with van der Waals surface area (Å²) in [5.74, 6) is -3.25. The summed E-state index contributed by atoms with van der Waals surface area (Å²) < 4.78 is 161. The number of carboxylic acids is 1. The van der Waals surface area contributed by atoms with Crippen LogP contribution in [-0.4, -0.2) is 117 Å². The van der Waals surface area contributed by atoms with E-state index in [4.69, 9.17) is 22.4 Å². The number of halogens is 14. The van der Waals surface area contributed by atoms with Crippen LogP contribution in [0.1, 0.15) is 71.6 Å². The van der Waals surface area contributed by atoms with E-state index >= 15 is 0 Å². The largest absolute Gasteiger partial charge is 0.480 e. The average Bonchev–Trinajstić information content (AvgIpc) is 1.65. The summed E-state index contributed by atoms with van der Waals surface area (Å²) in [6.07, 6.45) is 2.94. The molecule has 0 amide bonds. The number of nitrogen functional groups attached to an aromatic ring is 1. The van der Waals surface area contributed by atoms with E-state index in [0.29, 0.717) is 58.1 Å². The monoisotopic (exact) mass is 1810 g/mol. The molecule has 2 unspecified atom stereocenters. The van der Waals surface area contributed by atoms with Crippen LogP contribution in [0.15, 0.2) is 212 Å². The second-order valence-corrected chi connectivity index (χ2v) is 26.2. The van der Waals surface area contributed by atoms with E-state index in [-0.39, 0.29) is 80.9 Å². The molecule has 0 saturated carbocycles. The topological polar surface area (TPSA) is 390 Å². The predicted octanol–water partition coefficient (Wildman–Crippen LogP) is 17.4. The number of imidazole rings is 2. The first-order chi connectivity index (χ1) is 56.4. The Hall–Kier alpha value is -14.1. The summed E-state index contributed by atoms with van der Waals surface area (Å²) in [6.45, 7) is 11.3. The van der Waals surface area contributed by atoms with Crippen LogP contribution in [0.25, 0.3) is 28.4 Å². The van der Waals surface area contributed by atoms with E-state index in [9.17, 15) is 103 Å². The van der Waals surface area contributed by atoms with E-state index in [0.717, 1.165) is 38.1 Å². The van der Waals surface area contributed by atoms with Crippen LogP contribution in [0.3, 0.4) is 0 Å². The molecule has 0 spiro atoms. The van der Waals surface area contributed by atoms with Gasteiger partial charge in [-0.2, -0.15) is 51.8 Å². The third kappa shape index (κ3) is 26.0. The van der Waals surface area contributed by atoms with Crippen molar-refractivity contribution in [1.29, 1.82) is 0 Å². The van der Waals surface area contributed by atoms with Crippen molar-refractivity contribution in [2.75, 3.05) is 12.3 Å². The van der Waals surface area contributed by atoms with Gasteiger partial charge in [-0.05, 0) is 217 Å². The van der Waals surface area contributed by atoms with Crippen molar-refractivity contribution in [2.45, 2.75) is 79.3 Å². The molecule has 13 aromatic rings. The number of aliphatic imine (C=N–C) groups is 1. The molecule has 7 aromatic heterocycles. The highest BCUT2D eigenvalue weighted by Crippen LogP contribution is 2.32. The van der Waals surface area contributed by atoms with Gasteiger partial charge in [0, 0.05) is 39.7 Å². The first-order valence-electron chi connectivity index (χ1n) is 34.1. The average molecular weight is 1810 g/mol. The predicted molar refractivity (Wildman–Crippen MR) is 418 cm³/mol. The molecule has 0 radical (unpaired) electrons. The number of nitrogens with zero attached hydrogens (tertiary/aromatic N) is 19. The van der Waals surface area contributed by atoms with Crippen molar-refractivity contribution in [2.24, 2.45) is 4.99 Å².